The van der Waals surface area contributed by atoms with Crippen molar-refractivity contribution in [3.05, 3.63) is 219 Å². The summed E-state index contributed by atoms with van der Waals surface area (Å²) in [5.41, 5.74) is 4.75. The van der Waals surface area contributed by atoms with Gasteiger partial charge in [-0.05, 0) is 60.7 Å². The Morgan fingerprint density at radius 2 is 0.383 bits per heavy atom. The molecule has 288 valence electrons. The SMILES string of the molecule is c1ccc2cnncc2c1.c1ccc2nnccc2c1.c1ccc2nnccc2c1.c1ccc2nnccc2c1.c1ccc2nnccc2c1.c1ccc2nnccc2c1. The van der Waals surface area contributed by atoms with Crippen LogP contribution in [0.1, 0.15) is 0 Å². The summed E-state index contributed by atoms with van der Waals surface area (Å²) in [4.78, 5) is 0. The van der Waals surface area contributed by atoms with Gasteiger partial charge in [-0.25, -0.2) is 0 Å². The van der Waals surface area contributed by atoms with Crippen LogP contribution >= 0.6 is 0 Å². The molecular formula is C48H36N12. The lowest BCUT2D eigenvalue weighted by Crippen LogP contribution is -1.79. The lowest BCUT2D eigenvalue weighted by atomic mass is 10.2. The average molecular weight is 781 g/mol. The highest BCUT2D eigenvalue weighted by Crippen LogP contribution is 2.11. The summed E-state index contributed by atoms with van der Waals surface area (Å²) in [6, 6.07) is 57.3. The normalized spacial score (nSPS) is 10.0. The maximum absolute atomic E-state index is 3.93. The molecule has 6 heterocycles. The zero-order valence-electron chi connectivity index (χ0n) is 32.2. The molecule has 0 amide bonds. The molecule has 0 aliphatic carbocycles. The van der Waals surface area contributed by atoms with Gasteiger partial charge in [0.05, 0.1) is 71.0 Å². The van der Waals surface area contributed by atoms with E-state index in [9.17, 15) is 0 Å². The minimum Gasteiger partial charge on any atom is -0.159 e. The van der Waals surface area contributed by atoms with Gasteiger partial charge in [-0.1, -0.05) is 115 Å². The fourth-order valence-electron chi connectivity index (χ4n) is 5.58. The molecule has 6 aromatic heterocycles. The average Bonchev–Trinajstić information content (AvgIpc) is 3.35. The van der Waals surface area contributed by atoms with Crippen LogP contribution in [0.25, 0.3) is 65.3 Å². The molecule has 12 aromatic rings. The Kier molecular flexibility index (Phi) is 14.3. The van der Waals surface area contributed by atoms with Crippen LogP contribution in [0.5, 0.6) is 0 Å². The van der Waals surface area contributed by atoms with Crippen molar-refractivity contribution < 1.29 is 0 Å². The van der Waals surface area contributed by atoms with E-state index in [0.717, 1.165) is 65.3 Å². The van der Waals surface area contributed by atoms with Crippen molar-refractivity contribution in [3.63, 3.8) is 0 Å². The second kappa shape index (κ2) is 21.6. The maximum Gasteiger partial charge on any atom is 0.0929 e. The van der Waals surface area contributed by atoms with Crippen LogP contribution in [-0.2, 0) is 0 Å². The summed E-state index contributed by atoms with van der Waals surface area (Å²) in [6.07, 6.45) is 12.0. The third-order valence-corrected chi connectivity index (χ3v) is 8.57. The summed E-state index contributed by atoms with van der Waals surface area (Å²) in [6.45, 7) is 0. The van der Waals surface area contributed by atoms with Gasteiger partial charge in [0.15, 0.2) is 0 Å². The van der Waals surface area contributed by atoms with Crippen LogP contribution in [0.3, 0.4) is 0 Å². The van der Waals surface area contributed by atoms with Gasteiger partial charge < -0.3 is 0 Å². The smallest absolute Gasteiger partial charge is 0.0929 e. The highest BCUT2D eigenvalue weighted by molar-refractivity contribution is 5.81. The van der Waals surface area contributed by atoms with E-state index in [2.05, 4.69) is 61.2 Å². The maximum atomic E-state index is 3.93. The Morgan fingerprint density at radius 1 is 0.183 bits per heavy atom. The third-order valence-electron chi connectivity index (χ3n) is 8.57. The van der Waals surface area contributed by atoms with E-state index >= 15 is 0 Å². The van der Waals surface area contributed by atoms with Gasteiger partial charge in [0.1, 0.15) is 0 Å². The van der Waals surface area contributed by atoms with Crippen LogP contribution in [0.15, 0.2) is 219 Å². The third kappa shape index (κ3) is 11.7. The van der Waals surface area contributed by atoms with Crippen LogP contribution in [-0.4, -0.2) is 61.2 Å². The van der Waals surface area contributed by atoms with E-state index in [1.807, 2.05) is 176 Å². The number of hydrogen-bond donors (Lipinski definition) is 0. The minimum absolute atomic E-state index is 0.949. The zero-order valence-corrected chi connectivity index (χ0v) is 32.2. The lowest BCUT2D eigenvalue weighted by molar-refractivity contribution is 1.05. The molecule has 0 unspecified atom stereocenters. The molecule has 12 rings (SSSR count). The Labute approximate surface area is 344 Å². The number of aromatic nitrogens is 12. The van der Waals surface area contributed by atoms with E-state index in [4.69, 9.17) is 0 Å². The minimum atomic E-state index is 0.949. The Bertz CT molecular complexity index is 2220. The van der Waals surface area contributed by atoms with E-state index < -0.39 is 0 Å². The number of benzene rings is 6. The molecule has 0 saturated heterocycles. The molecule has 60 heavy (non-hydrogen) atoms. The van der Waals surface area contributed by atoms with Crippen molar-refractivity contribution in [2.75, 3.05) is 0 Å². The molecular weight excluding hydrogens is 745 g/mol. The van der Waals surface area contributed by atoms with Crippen LogP contribution in [0.2, 0.25) is 0 Å². The van der Waals surface area contributed by atoms with Crippen LogP contribution in [0.4, 0.5) is 0 Å². The Morgan fingerprint density at radius 3 is 0.600 bits per heavy atom. The first-order chi connectivity index (χ1) is 29.8. The topological polar surface area (TPSA) is 155 Å². The van der Waals surface area contributed by atoms with Gasteiger partial charge in [0.25, 0.3) is 0 Å². The van der Waals surface area contributed by atoms with Gasteiger partial charge in [-0.3, -0.25) is 0 Å². The first-order valence-corrected chi connectivity index (χ1v) is 18.8. The summed E-state index contributed by atoms with van der Waals surface area (Å²) in [7, 11) is 0. The molecule has 0 spiro atoms. The molecule has 0 fully saturated rings. The largest absolute Gasteiger partial charge is 0.159 e. The molecule has 0 bridgehead atoms. The molecule has 0 N–H and O–H groups in total. The molecule has 12 heteroatoms. The summed E-state index contributed by atoms with van der Waals surface area (Å²) in [5, 5.41) is 54.0. The van der Waals surface area contributed by atoms with E-state index in [1.54, 1.807) is 43.4 Å². The molecule has 6 aromatic carbocycles. The summed E-state index contributed by atoms with van der Waals surface area (Å²) < 4.78 is 0. The van der Waals surface area contributed by atoms with Gasteiger partial charge in [0.2, 0.25) is 0 Å². The molecule has 0 aliphatic heterocycles. The lowest BCUT2D eigenvalue weighted by Gasteiger charge is -1.90. The predicted octanol–water partition coefficient (Wildman–Crippen LogP) is 9.78. The zero-order chi connectivity index (χ0) is 40.9. The van der Waals surface area contributed by atoms with Crippen LogP contribution in [0, 0.1) is 0 Å². The highest BCUT2D eigenvalue weighted by Gasteiger charge is 1.92. The van der Waals surface area contributed by atoms with E-state index in [0.29, 0.717) is 0 Å². The molecule has 0 atom stereocenters. The van der Waals surface area contributed by atoms with Crippen molar-refractivity contribution in [3.8, 4) is 0 Å². The number of rotatable bonds is 0. The summed E-state index contributed by atoms with van der Waals surface area (Å²) >= 11 is 0. The fraction of sp³-hybridized carbons (Fsp3) is 0. The predicted molar refractivity (Wildman–Crippen MR) is 237 cm³/mol. The first kappa shape index (κ1) is 39.6. The number of nitrogens with zero attached hydrogens (tertiary/aromatic N) is 12. The fourth-order valence-corrected chi connectivity index (χ4v) is 5.58. The van der Waals surface area contributed by atoms with Gasteiger partial charge in [0, 0.05) is 37.7 Å². The number of fused-ring (bicyclic) bond motifs is 6. The van der Waals surface area contributed by atoms with Crippen molar-refractivity contribution >= 4 is 65.3 Å². The Balaban J connectivity index is 0.000000109. The van der Waals surface area contributed by atoms with E-state index in [1.165, 1.54) is 0 Å². The molecule has 12 nitrogen and oxygen atoms in total. The second-order valence-corrected chi connectivity index (χ2v) is 12.6. The van der Waals surface area contributed by atoms with Gasteiger partial charge in [-0.2, -0.15) is 61.2 Å². The van der Waals surface area contributed by atoms with Gasteiger partial charge >= 0.3 is 0 Å². The molecule has 0 radical (unpaired) electrons. The van der Waals surface area contributed by atoms with Crippen molar-refractivity contribution in [2.24, 2.45) is 0 Å². The standard InChI is InChI=1S/6C8H6N2/c1-2-4-8-6-10-9-5-7(8)3-1;5*1-2-4-8-7(3-1)5-6-9-10-8/h6*1-6H. The molecule has 0 saturated carbocycles. The first-order valence-electron chi connectivity index (χ1n) is 18.8. The summed E-state index contributed by atoms with van der Waals surface area (Å²) in [5.74, 6) is 0. The monoisotopic (exact) mass is 780 g/mol. The van der Waals surface area contributed by atoms with Crippen molar-refractivity contribution in [1.82, 2.24) is 61.2 Å². The number of hydrogen-bond acceptors (Lipinski definition) is 12. The highest BCUT2D eigenvalue weighted by atomic mass is 15.1. The van der Waals surface area contributed by atoms with Crippen molar-refractivity contribution in [1.29, 1.82) is 0 Å². The quantitative estimate of drug-likeness (QED) is 0.144. The Hall–Kier alpha value is -8.64. The van der Waals surface area contributed by atoms with Crippen molar-refractivity contribution in [2.45, 2.75) is 0 Å². The second-order valence-electron chi connectivity index (χ2n) is 12.6. The van der Waals surface area contributed by atoms with E-state index in [-0.39, 0.29) is 0 Å². The van der Waals surface area contributed by atoms with Gasteiger partial charge in [-0.15, -0.1) is 0 Å². The van der Waals surface area contributed by atoms with Crippen LogP contribution < -0.4 is 0 Å². The molecule has 0 aliphatic rings.